The second kappa shape index (κ2) is 11.2. The lowest BCUT2D eigenvalue weighted by Gasteiger charge is -2.36. The molecule has 0 aliphatic carbocycles. The number of nitrogens with one attached hydrogen (secondary N) is 1. The lowest BCUT2D eigenvalue weighted by Crippen LogP contribution is -2.56. The molecule has 2 unspecified atom stereocenters. The fourth-order valence-electron chi connectivity index (χ4n) is 2.45. The Labute approximate surface area is 154 Å². The lowest BCUT2D eigenvalue weighted by atomic mass is 10.3. The van der Waals surface area contributed by atoms with Crippen LogP contribution in [0.25, 0.3) is 0 Å². The molecule has 0 spiro atoms. The monoisotopic (exact) mass is 364 g/mol. The number of hydrogen-bond acceptors (Lipinski definition) is 5. The van der Waals surface area contributed by atoms with Gasteiger partial charge in [0, 0.05) is 13.2 Å². The molecule has 0 aliphatic rings. The molecule has 1 radical (unpaired) electrons. The summed E-state index contributed by atoms with van der Waals surface area (Å²) in [6.45, 7) is 7.49. The molecular formula is C18H26N3O5. The number of carbonyl (C=O) groups is 2. The molecule has 0 fully saturated rings. The van der Waals surface area contributed by atoms with Crippen LogP contribution >= 0.6 is 0 Å². The van der Waals surface area contributed by atoms with Crippen LogP contribution in [0.1, 0.15) is 27.7 Å². The molecule has 1 rings (SSSR count). The molecule has 1 aromatic carbocycles. The molecule has 26 heavy (non-hydrogen) atoms. The van der Waals surface area contributed by atoms with Crippen molar-refractivity contribution in [2.45, 2.75) is 40.2 Å². The summed E-state index contributed by atoms with van der Waals surface area (Å²) in [4.78, 5) is 38.5. The molecule has 8 nitrogen and oxygen atoms in total. The summed E-state index contributed by atoms with van der Waals surface area (Å²) in [6, 6.07) is 7.07. The van der Waals surface area contributed by atoms with E-state index < -0.39 is 24.5 Å². The number of benzene rings is 1. The molecule has 2 atom stereocenters. The van der Waals surface area contributed by atoms with Crippen LogP contribution < -0.4 is 10.2 Å². The van der Waals surface area contributed by atoms with Gasteiger partial charge >= 0.3 is 12.1 Å². The Bertz CT molecular complexity index is 569. The Balaban J connectivity index is 3.23. The molecule has 0 aliphatic heterocycles. The van der Waals surface area contributed by atoms with Crippen molar-refractivity contribution in [2.24, 2.45) is 0 Å². The number of hydrogen-bond donors (Lipinski definition) is 1. The Hall–Kier alpha value is -2.45. The van der Waals surface area contributed by atoms with E-state index in [1.165, 1.54) is 4.90 Å². The molecule has 143 valence electrons. The van der Waals surface area contributed by atoms with Crippen LogP contribution in [0.15, 0.2) is 30.3 Å². The molecule has 0 saturated heterocycles. The first-order valence-electron chi connectivity index (χ1n) is 8.51. The van der Waals surface area contributed by atoms with Crippen molar-refractivity contribution in [1.82, 2.24) is 10.2 Å². The number of ether oxygens (including phenoxy) is 2. The van der Waals surface area contributed by atoms with Crippen LogP contribution in [0.3, 0.4) is 0 Å². The normalized spacial score (nSPS) is 12.8. The fraction of sp³-hybridized carbons (Fsp3) is 0.500. The SMILES string of the molecule is CCOC(C)N(C(=O)N(C(=O)NC[C]=O)c1ccccc1)C(C)OCC. The third kappa shape index (κ3) is 5.82. The van der Waals surface area contributed by atoms with Crippen LogP contribution in [0.5, 0.6) is 0 Å². The third-order valence-electron chi connectivity index (χ3n) is 3.54. The zero-order valence-electron chi connectivity index (χ0n) is 15.6. The predicted octanol–water partition coefficient (Wildman–Crippen LogP) is 2.50. The second-order valence-electron chi connectivity index (χ2n) is 5.27. The van der Waals surface area contributed by atoms with Crippen molar-refractivity contribution in [3.63, 3.8) is 0 Å². The highest BCUT2D eigenvalue weighted by Crippen LogP contribution is 2.20. The molecule has 0 bridgehead atoms. The van der Waals surface area contributed by atoms with Crippen molar-refractivity contribution in [1.29, 1.82) is 0 Å². The number of amides is 4. The topological polar surface area (TPSA) is 88.2 Å². The maximum Gasteiger partial charge on any atom is 0.336 e. The third-order valence-corrected chi connectivity index (χ3v) is 3.54. The molecular weight excluding hydrogens is 338 g/mol. The van der Waals surface area contributed by atoms with Gasteiger partial charge in [0.25, 0.3) is 0 Å². The van der Waals surface area contributed by atoms with Gasteiger partial charge in [-0.25, -0.2) is 14.5 Å². The summed E-state index contributed by atoms with van der Waals surface area (Å²) < 4.78 is 11.1. The number of nitrogens with zero attached hydrogens (tertiary/aromatic N) is 2. The maximum absolute atomic E-state index is 13.2. The molecule has 8 heteroatoms. The lowest BCUT2D eigenvalue weighted by molar-refractivity contribution is -0.107. The van der Waals surface area contributed by atoms with Gasteiger partial charge in [-0.1, -0.05) is 18.2 Å². The first-order chi connectivity index (χ1) is 12.5. The van der Waals surface area contributed by atoms with Gasteiger partial charge in [0.2, 0.25) is 6.29 Å². The van der Waals surface area contributed by atoms with Crippen LogP contribution in [0.2, 0.25) is 0 Å². The van der Waals surface area contributed by atoms with Gasteiger partial charge in [0.1, 0.15) is 12.5 Å². The van der Waals surface area contributed by atoms with Crippen LogP contribution in [-0.4, -0.2) is 55.5 Å². The van der Waals surface area contributed by atoms with Crippen molar-refractivity contribution >= 4 is 24.0 Å². The Morgan fingerprint density at radius 1 is 1.08 bits per heavy atom. The number of carbonyl (C=O) groups excluding carboxylic acids is 3. The molecule has 1 N–H and O–H groups in total. The van der Waals surface area contributed by atoms with E-state index in [2.05, 4.69) is 5.32 Å². The van der Waals surface area contributed by atoms with E-state index in [1.54, 1.807) is 50.5 Å². The van der Waals surface area contributed by atoms with E-state index in [4.69, 9.17) is 9.47 Å². The van der Waals surface area contributed by atoms with E-state index in [0.717, 1.165) is 4.90 Å². The Kier molecular flexibility index (Phi) is 9.32. The summed E-state index contributed by atoms with van der Waals surface area (Å²) in [7, 11) is 0. The summed E-state index contributed by atoms with van der Waals surface area (Å²) in [5.41, 5.74) is 0.360. The van der Waals surface area contributed by atoms with E-state index in [0.29, 0.717) is 18.9 Å². The smallest absolute Gasteiger partial charge is 0.336 e. The number of para-hydroxylation sites is 1. The number of imide groups is 1. The van der Waals surface area contributed by atoms with E-state index in [1.807, 2.05) is 13.8 Å². The number of anilines is 1. The highest BCUT2D eigenvalue weighted by molar-refractivity contribution is 6.13. The average molecular weight is 364 g/mol. The summed E-state index contributed by atoms with van der Waals surface area (Å²) in [6.07, 6.45) is 0.337. The zero-order valence-corrected chi connectivity index (χ0v) is 15.6. The predicted molar refractivity (Wildman–Crippen MR) is 97.4 cm³/mol. The average Bonchev–Trinajstić information content (AvgIpc) is 2.61. The zero-order chi connectivity index (χ0) is 19.5. The standard InChI is InChI=1S/C18H26N3O5/c1-5-25-14(3)20(15(4)26-6-2)18(24)21(17(23)19-12-13-22)16-10-8-7-9-11-16/h7-11,14-15H,5-6,12H2,1-4H3,(H,19,23). The number of rotatable bonds is 9. The van der Waals surface area contributed by atoms with Gasteiger partial charge in [-0.2, -0.15) is 0 Å². The van der Waals surface area contributed by atoms with Crippen molar-refractivity contribution in [3.8, 4) is 0 Å². The van der Waals surface area contributed by atoms with Crippen molar-refractivity contribution < 1.29 is 23.9 Å². The fourth-order valence-corrected chi connectivity index (χ4v) is 2.45. The minimum Gasteiger partial charge on any atom is -0.359 e. The molecule has 1 aromatic rings. The molecule has 0 saturated carbocycles. The Morgan fingerprint density at radius 3 is 2.08 bits per heavy atom. The molecule has 0 heterocycles. The largest absolute Gasteiger partial charge is 0.359 e. The van der Waals surface area contributed by atoms with Crippen molar-refractivity contribution in [3.05, 3.63) is 30.3 Å². The number of urea groups is 2. The van der Waals surface area contributed by atoms with E-state index in [9.17, 15) is 14.4 Å². The van der Waals surface area contributed by atoms with Crippen molar-refractivity contribution in [2.75, 3.05) is 24.7 Å². The van der Waals surface area contributed by atoms with Gasteiger partial charge in [-0.15, -0.1) is 0 Å². The molecule has 4 amide bonds. The van der Waals surface area contributed by atoms with E-state index in [-0.39, 0.29) is 6.54 Å². The van der Waals surface area contributed by atoms with Crippen LogP contribution in [0, 0.1) is 0 Å². The van der Waals surface area contributed by atoms with Gasteiger partial charge in [-0.05, 0) is 39.8 Å². The highest BCUT2D eigenvalue weighted by atomic mass is 16.5. The van der Waals surface area contributed by atoms with Gasteiger partial charge in [-0.3, -0.25) is 9.69 Å². The Morgan fingerprint density at radius 2 is 1.62 bits per heavy atom. The minimum atomic E-state index is -0.734. The quantitative estimate of drug-likeness (QED) is 0.680. The van der Waals surface area contributed by atoms with Crippen LogP contribution in [0.4, 0.5) is 15.3 Å². The minimum absolute atomic E-state index is 0.322. The first kappa shape index (κ1) is 21.6. The summed E-state index contributed by atoms with van der Waals surface area (Å²) >= 11 is 0. The highest BCUT2D eigenvalue weighted by Gasteiger charge is 2.34. The van der Waals surface area contributed by atoms with Gasteiger partial charge in [0.15, 0.2) is 0 Å². The second-order valence-corrected chi connectivity index (χ2v) is 5.27. The summed E-state index contributed by atoms with van der Waals surface area (Å²) in [5, 5.41) is 2.34. The molecule has 0 aromatic heterocycles. The van der Waals surface area contributed by atoms with Crippen LogP contribution in [-0.2, 0) is 14.3 Å². The van der Waals surface area contributed by atoms with Gasteiger partial charge < -0.3 is 14.8 Å². The first-order valence-corrected chi connectivity index (χ1v) is 8.51. The summed E-state index contributed by atoms with van der Waals surface area (Å²) in [5.74, 6) is 0. The maximum atomic E-state index is 13.2. The van der Waals surface area contributed by atoms with Gasteiger partial charge in [0.05, 0.1) is 12.2 Å². The van der Waals surface area contributed by atoms with E-state index >= 15 is 0 Å².